The van der Waals surface area contributed by atoms with Gasteiger partial charge in [-0.2, -0.15) is 14.0 Å². The average molecular weight is 174 g/mol. The minimum Gasteiger partial charge on any atom is -0.322 e. The van der Waals surface area contributed by atoms with Crippen molar-refractivity contribution in [2.45, 2.75) is 25.3 Å². The van der Waals surface area contributed by atoms with Crippen LogP contribution < -0.4 is 0 Å². The summed E-state index contributed by atoms with van der Waals surface area (Å²) in [7, 11) is 0. The van der Waals surface area contributed by atoms with Crippen LogP contribution in [-0.2, 0) is 4.79 Å². The molecule has 1 saturated heterocycles. The second-order valence-corrected chi connectivity index (χ2v) is 2.62. The zero-order valence-corrected chi connectivity index (χ0v) is 6.33. The van der Waals surface area contributed by atoms with Crippen LogP contribution in [0.5, 0.6) is 0 Å². The number of amides is 1. The van der Waals surface area contributed by atoms with Crippen LogP contribution in [0, 0.1) is 11.3 Å². The Morgan fingerprint density at radius 1 is 1.67 bits per heavy atom. The number of alkyl halides is 2. The molecule has 1 heterocycles. The van der Waals surface area contributed by atoms with Gasteiger partial charge in [0.2, 0.25) is 0 Å². The molecular weight excluding hydrogens is 166 g/mol. The molecule has 0 N–H and O–H groups in total. The maximum absolute atomic E-state index is 11.9. The first-order valence-corrected chi connectivity index (χ1v) is 3.65. The lowest BCUT2D eigenvalue weighted by molar-refractivity contribution is -0.142. The number of halogens is 2. The van der Waals surface area contributed by atoms with Gasteiger partial charge in [0.25, 0.3) is 5.91 Å². The molecule has 0 aliphatic carbocycles. The smallest absolute Gasteiger partial charge is 0.315 e. The molecule has 1 aliphatic rings. The molecule has 1 atom stereocenters. The number of nitrogens with zero attached hydrogens (tertiary/aromatic N) is 2. The lowest BCUT2D eigenvalue weighted by Gasteiger charge is -2.18. The lowest BCUT2D eigenvalue weighted by Crippen LogP contribution is -2.38. The maximum atomic E-state index is 11.9. The fourth-order valence-corrected chi connectivity index (χ4v) is 1.29. The Labute approximate surface area is 68.6 Å². The number of hydrogen-bond acceptors (Lipinski definition) is 2. The molecule has 0 aromatic carbocycles. The molecule has 0 radical (unpaired) electrons. The van der Waals surface area contributed by atoms with E-state index in [4.69, 9.17) is 5.26 Å². The zero-order valence-electron chi connectivity index (χ0n) is 6.33. The van der Waals surface area contributed by atoms with E-state index in [1.165, 1.54) is 0 Å². The molecule has 1 amide bonds. The average Bonchev–Trinajstić information content (AvgIpc) is 2.49. The van der Waals surface area contributed by atoms with E-state index in [1.54, 1.807) is 0 Å². The van der Waals surface area contributed by atoms with Crippen LogP contribution >= 0.6 is 0 Å². The molecule has 0 aromatic heterocycles. The predicted octanol–water partition coefficient (Wildman–Crippen LogP) is 0.766. The topological polar surface area (TPSA) is 44.1 Å². The molecule has 0 spiro atoms. The van der Waals surface area contributed by atoms with Crippen molar-refractivity contribution in [2.75, 3.05) is 6.54 Å². The van der Waals surface area contributed by atoms with Crippen LogP contribution in [0.4, 0.5) is 8.78 Å². The number of carbonyl (C=O) groups is 1. The zero-order chi connectivity index (χ0) is 9.14. The number of likely N-dealkylation sites (tertiary alicyclic amines) is 1. The Balaban J connectivity index is 2.63. The van der Waals surface area contributed by atoms with Gasteiger partial charge in [0.1, 0.15) is 6.04 Å². The van der Waals surface area contributed by atoms with Crippen molar-refractivity contribution in [1.82, 2.24) is 4.90 Å². The highest BCUT2D eigenvalue weighted by Gasteiger charge is 2.32. The Morgan fingerprint density at radius 3 is 2.83 bits per heavy atom. The van der Waals surface area contributed by atoms with E-state index in [0.29, 0.717) is 12.8 Å². The monoisotopic (exact) mass is 174 g/mol. The van der Waals surface area contributed by atoms with Crippen molar-refractivity contribution in [3.05, 3.63) is 0 Å². The molecule has 1 unspecified atom stereocenters. The van der Waals surface area contributed by atoms with E-state index in [0.717, 1.165) is 4.90 Å². The Bertz CT molecular complexity index is 224. The van der Waals surface area contributed by atoms with Crippen molar-refractivity contribution < 1.29 is 13.6 Å². The molecular formula is C7H8F2N2O. The second-order valence-electron chi connectivity index (χ2n) is 2.62. The molecule has 1 fully saturated rings. The fourth-order valence-electron chi connectivity index (χ4n) is 1.29. The number of carbonyl (C=O) groups excluding carboxylic acids is 1. The van der Waals surface area contributed by atoms with Gasteiger partial charge in [-0.15, -0.1) is 0 Å². The summed E-state index contributed by atoms with van der Waals surface area (Å²) in [6, 6.07) is 1.17. The van der Waals surface area contributed by atoms with Crippen LogP contribution in [0.15, 0.2) is 0 Å². The predicted molar refractivity (Wildman–Crippen MR) is 36.4 cm³/mol. The minimum absolute atomic E-state index is 0.279. The Hall–Kier alpha value is -1.18. The highest BCUT2D eigenvalue weighted by molar-refractivity contribution is 5.80. The SMILES string of the molecule is N#CC1CCCN1C(=O)C(F)F. The van der Waals surface area contributed by atoms with Crippen LogP contribution in [0.25, 0.3) is 0 Å². The van der Waals surface area contributed by atoms with Crippen molar-refractivity contribution in [3.8, 4) is 6.07 Å². The largest absolute Gasteiger partial charge is 0.322 e. The summed E-state index contributed by atoms with van der Waals surface area (Å²) in [6.45, 7) is 0.279. The summed E-state index contributed by atoms with van der Waals surface area (Å²) < 4.78 is 23.8. The molecule has 66 valence electrons. The second kappa shape index (κ2) is 3.48. The fraction of sp³-hybridized carbons (Fsp3) is 0.714. The van der Waals surface area contributed by atoms with Crippen LogP contribution in [-0.4, -0.2) is 29.8 Å². The molecule has 0 aromatic rings. The number of rotatable bonds is 1. The molecule has 0 bridgehead atoms. The number of nitriles is 1. The maximum Gasteiger partial charge on any atom is 0.315 e. The van der Waals surface area contributed by atoms with E-state index >= 15 is 0 Å². The van der Waals surface area contributed by atoms with Gasteiger partial charge in [0.05, 0.1) is 6.07 Å². The first-order valence-electron chi connectivity index (χ1n) is 3.65. The first-order chi connectivity index (χ1) is 5.66. The van der Waals surface area contributed by atoms with E-state index in [-0.39, 0.29) is 6.54 Å². The van der Waals surface area contributed by atoms with Crippen molar-refractivity contribution in [2.24, 2.45) is 0 Å². The lowest BCUT2D eigenvalue weighted by atomic mass is 10.2. The first kappa shape index (κ1) is 8.91. The summed E-state index contributed by atoms with van der Waals surface area (Å²) in [6.07, 6.45) is -1.84. The molecule has 5 heteroatoms. The third-order valence-electron chi connectivity index (χ3n) is 1.87. The van der Waals surface area contributed by atoms with Crippen LogP contribution in [0.3, 0.4) is 0 Å². The normalized spacial score (nSPS) is 22.8. The summed E-state index contributed by atoms with van der Waals surface area (Å²) in [5.74, 6) is -1.22. The van der Waals surface area contributed by atoms with Crippen molar-refractivity contribution >= 4 is 5.91 Å². The van der Waals surface area contributed by atoms with Gasteiger partial charge in [-0.1, -0.05) is 0 Å². The Kier molecular flexibility index (Phi) is 2.58. The van der Waals surface area contributed by atoms with Crippen molar-refractivity contribution in [1.29, 1.82) is 5.26 Å². The van der Waals surface area contributed by atoms with Crippen LogP contribution in [0.2, 0.25) is 0 Å². The van der Waals surface area contributed by atoms with E-state index < -0.39 is 18.4 Å². The summed E-state index contributed by atoms with van der Waals surface area (Å²) in [5, 5.41) is 8.48. The quantitative estimate of drug-likeness (QED) is 0.589. The highest BCUT2D eigenvalue weighted by atomic mass is 19.3. The van der Waals surface area contributed by atoms with Gasteiger partial charge in [-0.25, -0.2) is 0 Å². The Morgan fingerprint density at radius 2 is 2.33 bits per heavy atom. The summed E-state index contributed by atoms with van der Waals surface area (Å²) in [4.78, 5) is 11.7. The van der Waals surface area contributed by atoms with Gasteiger partial charge >= 0.3 is 6.43 Å². The van der Waals surface area contributed by atoms with Gasteiger partial charge in [-0.05, 0) is 12.8 Å². The highest BCUT2D eigenvalue weighted by Crippen LogP contribution is 2.18. The van der Waals surface area contributed by atoms with Gasteiger partial charge < -0.3 is 4.90 Å². The van der Waals surface area contributed by atoms with Gasteiger partial charge in [0, 0.05) is 6.54 Å². The molecule has 1 aliphatic heterocycles. The van der Waals surface area contributed by atoms with Gasteiger partial charge in [-0.3, -0.25) is 4.79 Å². The van der Waals surface area contributed by atoms with Crippen molar-refractivity contribution in [3.63, 3.8) is 0 Å². The van der Waals surface area contributed by atoms with Crippen LogP contribution in [0.1, 0.15) is 12.8 Å². The third kappa shape index (κ3) is 1.52. The minimum atomic E-state index is -2.99. The number of hydrogen-bond donors (Lipinski definition) is 0. The van der Waals surface area contributed by atoms with E-state index in [1.807, 2.05) is 6.07 Å². The van der Waals surface area contributed by atoms with E-state index in [2.05, 4.69) is 0 Å². The van der Waals surface area contributed by atoms with E-state index in [9.17, 15) is 13.6 Å². The molecule has 3 nitrogen and oxygen atoms in total. The third-order valence-corrected chi connectivity index (χ3v) is 1.87. The molecule has 0 saturated carbocycles. The van der Waals surface area contributed by atoms with Gasteiger partial charge in [0.15, 0.2) is 0 Å². The molecule has 12 heavy (non-hydrogen) atoms. The molecule has 1 rings (SSSR count). The summed E-state index contributed by atoms with van der Waals surface area (Å²) >= 11 is 0. The standard InChI is InChI=1S/C7H8F2N2O/c8-6(9)7(12)11-3-1-2-5(11)4-10/h5-6H,1-3H2. The summed E-state index contributed by atoms with van der Waals surface area (Å²) in [5.41, 5.74) is 0.